The van der Waals surface area contributed by atoms with E-state index in [1.807, 2.05) is 19.2 Å². The molecular formula is C13H15N3. The van der Waals surface area contributed by atoms with Crippen LogP contribution in [-0.4, -0.2) is 12.0 Å². The van der Waals surface area contributed by atoms with Crippen LogP contribution in [0.3, 0.4) is 0 Å². The number of nitrogens with zero attached hydrogens (tertiary/aromatic N) is 1. The molecule has 1 aromatic heterocycles. The van der Waals surface area contributed by atoms with Gasteiger partial charge in [0, 0.05) is 37.4 Å². The van der Waals surface area contributed by atoms with Crippen LogP contribution in [0.25, 0.3) is 0 Å². The molecule has 0 bridgehead atoms. The molecule has 1 heterocycles. The van der Waals surface area contributed by atoms with Gasteiger partial charge in [-0.25, -0.2) is 0 Å². The normalized spacial score (nSPS) is 9.81. The number of pyridine rings is 1. The SMILES string of the molecule is CNc1cccc(CNc2ccncc2)c1. The van der Waals surface area contributed by atoms with Crippen LogP contribution in [0.2, 0.25) is 0 Å². The molecule has 0 aliphatic rings. The van der Waals surface area contributed by atoms with Crippen LogP contribution in [0.4, 0.5) is 11.4 Å². The summed E-state index contributed by atoms with van der Waals surface area (Å²) in [7, 11) is 1.93. The van der Waals surface area contributed by atoms with Gasteiger partial charge in [0.1, 0.15) is 0 Å². The monoisotopic (exact) mass is 213 g/mol. The fraction of sp³-hybridized carbons (Fsp3) is 0.154. The topological polar surface area (TPSA) is 37.0 Å². The number of aromatic nitrogens is 1. The van der Waals surface area contributed by atoms with E-state index in [-0.39, 0.29) is 0 Å². The lowest BCUT2D eigenvalue weighted by molar-refractivity contribution is 1.14. The van der Waals surface area contributed by atoms with Gasteiger partial charge in [0.05, 0.1) is 0 Å². The van der Waals surface area contributed by atoms with Crippen LogP contribution < -0.4 is 10.6 Å². The van der Waals surface area contributed by atoms with E-state index >= 15 is 0 Å². The highest BCUT2D eigenvalue weighted by atomic mass is 14.9. The molecule has 82 valence electrons. The number of hydrogen-bond acceptors (Lipinski definition) is 3. The second-order valence-corrected chi connectivity index (χ2v) is 3.54. The van der Waals surface area contributed by atoms with Crippen molar-refractivity contribution in [2.24, 2.45) is 0 Å². The second kappa shape index (κ2) is 5.16. The van der Waals surface area contributed by atoms with Gasteiger partial charge in [0.15, 0.2) is 0 Å². The largest absolute Gasteiger partial charge is 0.388 e. The fourth-order valence-corrected chi connectivity index (χ4v) is 1.51. The van der Waals surface area contributed by atoms with Gasteiger partial charge in [-0.15, -0.1) is 0 Å². The minimum Gasteiger partial charge on any atom is -0.388 e. The van der Waals surface area contributed by atoms with Crippen molar-refractivity contribution in [3.8, 4) is 0 Å². The first-order valence-electron chi connectivity index (χ1n) is 5.29. The standard InChI is InChI=1S/C13H15N3/c1-14-13-4-2-3-11(9-13)10-16-12-5-7-15-8-6-12/h2-9,14H,10H2,1H3,(H,15,16). The first-order valence-corrected chi connectivity index (χ1v) is 5.29. The minimum absolute atomic E-state index is 0.819. The number of anilines is 2. The Labute approximate surface area is 95.5 Å². The molecule has 2 rings (SSSR count). The van der Waals surface area contributed by atoms with Crippen molar-refractivity contribution in [2.45, 2.75) is 6.54 Å². The van der Waals surface area contributed by atoms with Crippen molar-refractivity contribution >= 4 is 11.4 Å². The summed E-state index contributed by atoms with van der Waals surface area (Å²) in [6.07, 6.45) is 3.57. The Balaban J connectivity index is 1.99. The van der Waals surface area contributed by atoms with Gasteiger partial charge in [0.2, 0.25) is 0 Å². The molecule has 3 heteroatoms. The Kier molecular flexibility index (Phi) is 3.38. The van der Waals surface area contributed by atoms with Gasteiger partial charge in [-0.2, -0.15) is 0 Å². The summed E-state index contributed by atoms with van der Waals surface area (Å²) in [5.74, 6) is 0. The van der Waals surface area contributed by atoms with Crippen LogP contribution in [0.15, 0.2) is 48.8 Å². The van der Waals surface area contributed by atoms with E-state index in [1.54, 1.807) is 12.4 Å². The average Bonchev–Trinajstić information content (AvgIpc) is 2.38. The average molecular weight is 213 g/mol. The maximum Gasteiger partial charge on any atom is 0.0401 e. The molecule has 0 fully saturated rings. The fourth-order valence-electron chi connectivity index (χ4n) is 1.51. The van der Waals surface area contributed by atoms with Crippen LogP contribution in [0.5, 0.6) is 0 Å². The number of nitrogens with one attached hydrogen (secondary N) is 2. The zero-order chi connectivity index (χ0) is 11.2. The van der Waals surface area contributed by atoms with E-state index in [0.29, 0.717) is 0 Å². The highest BCUT2D eigenvalue weighted by molar-refractivity contribution is 5.47. The molecule has 0 aliphatic heterocycles. The smallest absolute Gasteiger partial charge is 0.0401 e. The van der Waals surface area contributed by atoms with E-state index in [4.69, 9.17) is 0 Å². The lowest BCUT2D eigenvalue weighted by Gasteiger charge is -2.07. The van der Waals surface area contributed by atoms with Gasteiger partial charge in [-0.3, -0.25) is 4.98 Å². The summed E-state index contributed by atoms with van der Waals surface area (Å²) in [6, 6.07) is 12.3. The third-order valence-corrected chi connectivity index (χ3v) is 2.39. The Bertz CT molecular complexity index is 440. The Morgan fingerprint density at radius 1 is 1.06 bits per heavy atom. The Morgan fingerprint density at radius 2 is 1.88 bits per heavy atom. The lowest BCUT2D eigenvalue weighted by Crippen LogP contribution is -2.00. The number of hydrogen-bond donors (Lipinski definition) is 2. The van der Waals surface area contributed by atoms with Crippen molar-refractivity contribution in [2.75, 3.05) is 17.7 Å². The highest BCUT2D eigenvalue weighted by Crippen LogP contribution is 2.12. The molecular weight excluding hydrogens is 198 g/mol. The molecule has 1 aromatic carbocycles. The second-order valence-electron chi connectivity index (χ2n) is 3.54. The van der Waals surface area contributed by atoms with Crippen molar-refractivity contribution in [3.05, 3.63) is 54.4 Å². The quantitative estimate of drug-likeness (QED) is 0.820. The molecule has 0 aliphatic carbocycles. The zero-order valence-corrected chi connectivity index (χ0v) is 9.27. The number of benzene rings is 1. The lowest BCUT2D eigenvalue weighted by atomic mass is 10.2. The molecule has 0 unspecified atom stereocenters. The van der Waals surface area contributed by atoms with Crippen LogP contribution in [0, 0.1) is 0 Å². The Morgan fingerprint density at radius 3 is 2.62 bits per heavy atom. The van der Waals surface area contributed by atoms with Crippen molar-refractivity contribution in [3.63, 3.8) is 0 Å². The predicted octanol–water partition coefficient (Wildman–Crippen LogP) is 2.74. The van der Waals surface area contributed by atoms with E-state index in [9.17, 15) is 0 Å². The van der Waals surface area contributed by atoms with Gasteiger partial charge in [-0.1, -0.05) is 12.1 Å². The predicted molar refractivity (Wildman–Crippen MR) is 67.6 cm³/mol. The molecule has 16 heavy (non-hydrogen) atoms. The maximum absolute atomic E-state index is 3.98. The molecule has 0 saturated carbocycles. The van der Waals surface area contributed by atoms with E-state index in [1.165, 1.54) is 5.56 Å². The summed E-state index contributed by atoms with van der Waals surface area (Å²) in [4.78, 5) is 3.98. The van der Waals surface area contributed by atoms with E-state index in [2.05, 4.69) is 39.9 Å². The molecule has 3 nitrogen and oxygen atoms in total. The summed E-state index contributed by atoms with van der Waals surface area (Å²) in [6.45, 7) is 0.819. The molecule has 0 saturated heterocycles. The first kappa shape index (κ1) is 10.5. The number of rotatable bonds is 4. The molecule has 0 atom stereocenters. The van der Waals surface area contributed by atoms with E-state index in [0.717, 1.165) is 17.9 Å². The molecule has 0 spiro atoms. The maximum atomic E-state index is 3.98. The third kappa shape index (κ3) is 2.73. The van der Waals surface area contributed by atoms with Gasteiger partial charge in [0.25, 0.3) is 0 Å². The zero-order valence-electron chi connectivity index (χ0n) is 9.27. The summed E-state index contributed by atoms with van der Waals surface area (Å²) >= 11 is 0. The van der Waals surface area contributed by atoms with Crippen molar-refractivity contribution in [1.29, 1.82) is 0 Å². The summed E-state index contributed by atoms with van der Waals surface area (Å²) < 4.78 is 0. The summed E-state index contributed by atoms with van der Waals surface area (Å²) in [5.41, 5.74) is 3.47. The van der Waals surface area contributed by atoms with Crippen LogP contribution in [-0.2, 0) is 6.54 Å². The molecule has 0 radical (unpaired) electrons. The highest BCUT2D eigenvalue weighted by Gasteiger charge is 1.94. The van der Waals surface area contributed by atoms with Gasteiger partial charge >= 0.3 is 0 Å². The van der Waals surface area contributed by atoms with Crippen molar-refractivity contribution < 1.29 is 0 Å². The molecule has 0 amide bonds. The van der Waals surface area contributed by atoms with Crippen LogP contribution in [0.1, 0.15) is 5.56 Å². The van der Waals surface area contributed by atoms with Crippen LogP contribution >= 0.6 is 0 Å². The van der Waals surface area contributed by atoms with Gasteiger partial charge in [-0.05, 0) is 29.8 Å². The van der Waals surface area contributed by atoms with Crippen molar-refractivity contribution in [1.82, 2.24) is 4.98 Å². The van der Waals surface area contributed by atoms with E-state index < -0.39 is 0 Å². The first-order chi connectivity index (χ1) is 7.88. The molecule has 2 aromatic rings. The summed E-state index contributed by atoms with van der Waals surface area (Å²) in [5, 5.41) is 6.47. The Hall–Kier alpha value is -2.03. The minimum atomic E-state index is 0.819. The van der Waals surface area contributed by atoms with Gasteiger partial charge < -0.3 is 10.6 Å². The third-order valence-electron chi connectivity index (χ3n) is 2.39. The molecule has 2 N–H and O–H groups in total.